The van der Waals surface area contributed by atoms with Crippen molar-refractivity contribution >= 4 is 34.4 Å². The van der Waals surface area contributed by atoms with E-state index in [1.807, 2.05) is 41.5 Å². The highest BCUT2D eigenvalue weighted by molar-refractivity contribution is 6.02. The van der Waals surface area contributed by atoms with E-state index in [1.54, 1.807) is 17.0 Å². The van der Waals surface area contributed by atoms with Gasteiger partial charge in [0.1, 0.15) is 23.6 Å². The first-order chi connectivity index (χ1) is 18.4. The van der Waals surface area contributed by atoms with Gasteiger partial charge in [0.2, 0.25) is 11.8 Å². The summed E-state index contributed by atoms with van der Waals surface area (Å²) in [5, 5.41) is 6.05. The Labute approximate surface area is 235 Å². The van der Waals surface area contributed by atoms with Crippen LogP contribution in [0.25, 0.3) is 10.9 Å². The lowest BCUT2D eigenvalue weighted by Gasteiger charge is -2.38. The maximum atomic E-state index is 14.2. The second kappa shape index (κ2) is 9.85. The van der Waals surface area contributed by atoms with Crippen LogP contribution in [0.3, 0.4) is 0 Å². The fourth-order valence-electron chi connectivity index (χ4n) is 6.14. The van der Waals surface area contributed by atoms with Gasteiger partial charge >= 0.3 is 0 Å². The average Bonchev–Trinajstić information content (AvgIpc) is 3.23. The van der Waals surface area contributed by atoms with E-state index in [9.17, 15) is 23.6 Å². The number of nitrogens with one attached hydrogen (secondary N) is 3. The number of halogens is 1. The number of nitrogens with zero attached hydrogens (tertiary/aromatic N) is 1. The normalized spacial score (nSPS) is 23.2. The predicted molar refractivity (Wildman–Crippen MR) is 152 cm³/mol. The van der Waals surface area contributed by atoms with Crippen molar-refractivity contribution in [2.24, 2.45) is 28.1 Å². The molecule has 2 aromatic rings. The maximum absolute atomic E-state index is 14.2. The van der Waals surface area contributed by atoms with Crippen LogP contribution in [0.1, 0.15) is 65.9 Å². The van der Waals surface area contributed by atoms with Gasteiger partial charge in [-0.15, -0.1) is 0 Å². The van der Waals surface area contributed by atoms with Crippen molar-refractivity contribution < 1.29 is 23.6 Å². The Morgan fingerprint density at radius 3 is 2.25 bits per heavy atom. The molecule has 1 aromatic carbocycles. The molecular formula is C31H41FN4O4. The first-order valence-electron chi connectivity index (χ1n) is 13.7. The summed E-state index contributed by atoms with van der Waals surface area (Å²) in [6, 6.07) is 3.44. The molecule has 8 nitrogen and oxygen atoms in total. The number of rotatable bonds is 7. The zero-order chi connectivity index (χ0) is 29.9. The molecule has 2 fully saturated rings. The number of ketones is 1. The van der Waals surface area contributed by atoms with Gasteiger partial charge in [-0.3, -0.25) is 19.2 Å². The number of likely N-dealkylation sites (tertiary alicyclic amines) is 1. The summed E-state index contributed by atoms with van der Waals surface area (Å²) in [5.74, 6) is -1.98. The van der Waals surface area contributed by atoms with Gasteiger partial charge < -0.3 is 20.5 Å². The van der Waals surface area contributed by atoms with Crippen molar-refractivity contribution in [1.82, 2.24) is 20.5 Å². The maximum Gasteiger partial charge on any atom is 0.268 e. The van der Waals surface area contributed by atoms with Crippen LogP contribution < -0.4 is 10.6 Å². The Balaban J connectivity index is 1.61. The largest absolute Gasteiger partial charge is 0.350 e. The summed E-state index contributed by atoms with van der Waals surface area (Å²) in [5.41, 5.74) is -0.774. The van der Waals surface area contributed by atoms with Crippen molar-refractivity contribution in [2.75, 3.05) is 6.54 Å². The Kier molecular flexibility index (Phi) is 7.27. The summed E-state index contributed by atoms with van der Waals surface area (Å²) in [6.45, 7) is 19.2. The number of fused-ring (bicyclic) bond motifs is 2. The monoisotopic (exact) mass is 552 g/mol. The van der Waals surface area contributed by atoms with Crippen molar-refractivity contribution in [3.63, 3.8) is 0 Å². The molecule has 216 valence electrons. The molecule has 0 bridgehead atoms. The van der Waals surface area contributed by atoms with Gasteiger partial charge in [0.15, 0.2) is 5.78 Å². The standard InChI is InChI=1S/C31H41FN4O4/c1-10-21(37)24(29(2,3)4)34-27(39)23-22-17(31(22,8)9)15-36(23)28(40)25(30(5,6)7)35-26(38)20-14-16-18(32)12-11-13-19(16)33-20/h10-14,17,22-25,33H,1,15H2,2-9H3,(H,34,39)(H,35,38)/t17-,22-,23-,24?,25+/m0/s1. The Morgan fingerprint density at radius 1 is 1.07 bits per heavy atom. The SMILES string of the molecule is C=CC(=O)C(NC(=O)[C@@H]1[C@@H]2[C@H](CN1C(=O)[C@@H](NC(=O)c1cc3c(F)cccc3[nH]1)C(C)(C)C)C2(C)C)C(C)(C)C. The number of hydrogen-bond acceptors (Lipinski definition) is 4. The van der Waals surface area contributed by atoms with Crippen LogP contribution in [0.5, 0.6) is 0 Å². The van der Waals surface area contributed by atoms with Crippen LogP contribution in [0, 0.1) is 33.9 Å². The zero-order valence-electron chi connectivity index (χ0n) is 24.6. The third kappa shape index (κ3) is 5.18. The number of hydrogen-bond donors (Lipinski definition) is 3. The number of benzene rings is 1. The van der Waals surface area contributed by atoms with E-state index < -0.39 is 40.7 Å². The van der Waals surface area contributed by atoms with E-state index in [2.05, 4.69) is 36.0 Å². The van der Waals surface area contributed by atoms with E-state index in [1.165, 1.54) is 18.2 Å². The summed E-state index contributed by atoms with van der Waals surface area (Å²) in [7, 11) is 0. The number of H-pyrrole nitrogens is 1. The summed E-state index contributed by atoms with van der Waals surface area (Å²) in [6.07, 6.45) is 1.21. The minimum atomic E-state index is -0.958. The molecule has 0 radical (unpaired) electrons. The minimum absolute atomic E-state index is 0.0658. The molecule has 2 aliphatic rings. The third-order valence-corrected chi connectivity index (χ3v) is 8.64. The van der Waals surface area contributed by atoms with Gasteiger partial charge in [-0.1, -0.05) is 68.0 Å². The fraction of sp³-hybridized carbons (Fsp3) is 0.548. The Bertz CT molecular complexity index is 1380. The molecule has 1 saturated carbocycles. The van der Waals surface area contributed by atoms with Crippen LogP contribution >= 0.6 is 0 Å². The summed E-state index contributed by atoms with van der Waals surface area (Å²) < 4.78 is 14.2. The molecule has 1 aliphatic carbocycles. The first-order valence-corrected chi connectivity index (χ1v) is 13.7. The number of carbonyl (C=O) groups excluding carboxylic acids is 4. The Hall–Kier alpha value is -3.49. The zero-order valence-corrected chi connectivity index (χ0v) is 24.6. The number of piperidine rings is 1. The van der Waals surface area contributed by atoms with E-state index in [4.69, 9.17) is 0 Å². The van der Waals surface area contributed by atoms with Crippen LogP contribution in [-0.2, 0) is 14.4 Å². The summed E-state index contributed by atoms with van der Waals surface area (Å²) >= 11 is 0. The van der Waals surface area contributed by atoms with Crippen LogP contribution in [0.4, 0.5) is 4.39 Å². The molecular weight excluding hydrogens is 511 g/mol. The van der Waals surface area contributed by atoms with Gasteiger partial charge in [0, 0.05) is 17.4 Å². The predicted octanol–water partition coefficient (Wildman–Crippen LogP) is 4.22. The number of amides is 3. The van der Waals surface area contributed by atoms with Gasteiger partial charge in [0.25, 0.3) is 5.91 Å². The van der Waals surface area contributed by atoms with Crippen molar-refractivity contribution in [3.05, 3.63) is 48.4 Å². The van der Waals surface area contributed by atoms with E-state index in [-0.39, 0.29) is 45.9 Å². The van der Waals surface area contributed by atoms with Crippen LogP contribution in [0.15, 0.2) is 36.9 Å². The minimum Gasteiger partial charge on any atom is -0.350 e. The van der Waals surface area contributed by atoms with Gasteiger partial charge in [-0.25, -0.2) is 4.39 Å². The van der Waals surface area contributed by atoms with E-state index in [0.29, 0.717) is 12.1 Å². The molecule has 1 unspecified atom stereocenters. The van der Waals surface area contributed by atoms with E-state index >= 15 is 0 Å². The van der Waals surface area contributed by atoms with Crippen molar-refractivity contribution in [3.8, 4) is 0 Å². The Morgan fingerprint density at radius 2 is 1.70 bits per heavy atom. The fourth-order valence-corrected chi connectivity index (χ4v) is 6.14. The van der Waals surface area contributed by atoms with Gasteiger partial charge in [-0.2, -0.15) is 0 Å². The highest BCUT2D eigenvalue weighted by Gasteiger charge is 2.70. The van der Waals surface area contributed by atoms with E-state index in [0.717, 1.165) is 0 Å². The van der Waals surface area contributed by atoms with Gasteiger partial charge in [-0.05, 0) is 52.4 Å². The van der Waals surface area contributed by atoms with Crippen LogP contribution in [-0.4, -0.2) is 58.1 Å². The van der Waals surface area contributed by atoms with Crippen LogP contribution in [0.2, 0.25) is 0 Å². The van der Waals surface area contributed by atoms with Gasteiger partial charge in [0.05, 0.1) is 6.04 Å². The number of carbonyl (C=O) groups is 4. The molecule has 1 aliphatic heterocycles. The number of aromatic nitrogens is 1. The highest BCUT2D eigenvalue weighted by atomic mass is 19.1. The molecule has 1 saturated heterocycles. The lowest BCUT2D eigenvalue weighted by atomic mass is 9.83. The summed E-state index contributed by atoms with van der Waals surface area (Å²) in [4.78, 5) is 58.3. The molecule has 5 atom stereocenters. The topological polar surface area (TPSA) is 111 Å². The molecule has 40 heavy (non-hydrogen) atoms. The lowest BCUT2D eigenvalue weighted by molar-refractivity contribution is -0.144. The molecule has 0 spiro atoms. The molecule has 1 aromatic heterocycles. The smallest absolute Gasteiger partial charge is 0.268 e. The average molecular weight is 553 g/mol. The van der Waals surface area contributed by atoms with Crippen molar-refractivity contribution in [2.45, 2.75) is 73.5 Å². The second-order valence-corrected chi connectivity index (χ2v) is 14.0. The highest BCUT2D eigenvalue weighted by Crippen LogP contribution is 2.65. The number of aromatic amines is 1. The molecule has 3 N–H and O–H groups in total. The lowest BCUT2D eigenvalue weighted by Crippen LogP contribution is -2.61. The molecule has 3 amide bonds. The third-order valence-electron chi connectivity index (χ3n) is 8.64. The molecule has 2 heterocycles. The first kappa shape index (κ1) is 29.5. The quantitative estimate of drug-likeness (QED) is 0.447. The second-order valence-electron chi connectivity index (χ2n) is 14.0. The van der Waals surface area contributed by atoms with Crippen molar-refractivity contribution in [1.29, 1.82) is 0 Å². The molecule has 4 rings (SSSR count). The molecule has 9 heteroatoms.